The number of aromatic amines is 1. The Labute approximate surface area is 192 Å². The van der Waals surface area contributed by atoms with Gasteiger partial charge in [-0.2, -0.15) is 0 Å². The lowest BCUT2D eigenvalue weighted by molar-refractivity contribution is 0.0949. The molecule has 0 atom stereocenters. The van der Waals surface area contributed by atoms with E-state index in [1.165, 1.54) is 21.3 Å². The minimum Gasteiger partial charge on any atom is -0.496 e. The number of methoxy groups -OCH3 is 4. The highest BCUT2D eigenvalue weighted by Gasteiger charge is 2.17. The Hall–Kier alpha value is -4.13. The van der Waals surface area contributed by atoms with Gasteiger partial charge in [0, 0.05) is 27.7 Å². The van der Waals surface area contributed by atoms with Gasteiger partial charge >= 0.3 is 0 Å². The van der Waals surface area contributed by atoms with E-state index in [2.05, 4.69) is 22.4 Å². The van der Waals surface area contributed by atoms with Crippen LogP contribution in [0.5, 0.6) is 23.0 Å². The van der Waals surface area contributed by atoms with Crippen LogP contribution in [-0.2, 0) is 6.54 Å². The van der Waals surface area contributed by atoms with Crippen LogP contribution in [0.2, 0.25) is 0 Å². The molecule has 4 rings (SSSR count). The third-order valence-electron chi connectivity index (χ3n) is 5.46. The summed E-state index contributed by atoms with van der Waals surface area (Å²) in [4.78, 5) is 16.1. The highest BCUT2D eigenvalue weighted by atomic mass is 16.5. The van der Waals surface area contributed by atoms with E-state index >= 15 is 0 Å². The Bertz CT molecular complexity index is 1270. The van der Waals surface area contributed by atoms with Crippen molar-refractivity contribution in [1.82, 2.24) is 10.3 Å². The van der Waals surface area contributed by atoms with Crippen molar-refractivity contribution < 1.29 is 23.7 Å². The first-order chi connectivity index (χ1) is 16.1. The largest absolute Gasteiger partial charge is 0.496 e. The maximum Gasteiger partial charge on any atom is 0.251 e. The molecule has 0 aliphatic rings. The molecular weight excluding hydrogens is 420 g/mol. The van der Waals surface area contributed by atoms with E-state index < -0.39 is 0 Å². The fraction of sp³-hybridized carbons (Fsp3) is 0.192. The van der Waals surface area contributed by atoms with Crippen LogP contribution in [0.1, 0.15) is 16.1 Å². The zero-order valence-electron chi connectivity index (χ0n) is 19.0. The van der Waals surface area contributed by atoms with Gasteiger partial charge in [-0.25, -0.2) is 0 Å². The number of H-pyrrole nitrogens is 1. The summed E-state index contributed by atoms with van der Waals surface area (Å²) in [5, 5.41) is 3.99. The number of hydrogen-bond donors (Lipinski definition) is 2. The first kappa shape index (κ1) is 22.1. The van der Waals surface area contributed by atoms with Crippen molar-refractivity contribution >= 4 is 16.8 Å². The van der Waals surface area contributed by atoms with Crippen LogP contribution in [0, 0.1) is 0 Å². The second-order valence-corrected chi connectivity index (χ2v) is 7.39. The molecule has 0 bridgehead atoms. The zero-order valence-corrected chi connectivity index (χ0v) is 19.0. The van der Waals surface area contributed by atoms with E-state index in [9.17, 15) is 4.79 Å². The molecule has 2 N–H and O–H groups in total. The molecule has 0 unspecified atom stereocenters. The van der Waals surface area contributed by atoms with Crippen molar-refractivity contribution in [2.24, 2.45) is 0 Å². The lowest BCUT2D eigenvalue weighted by atomic mass is 10.0. The Morgan fingerprint density at radius 1 is 0.818 bits per heavy atom. The maximum atomic E-state index is 12.8. The van der Waals surface area contributed by atoms with Crippen molar-refractivity contribution in [1.29, 1.82) is 0 Å². The molecule has 3 aromatic carbocycles. The maximum absolute atomic E-state index is 12.8. The minimum atomic E-state index is -0.248. The molecule has 1 amide bonds. The van der Waals surface area contributed by atoms with E-state index in [1.54, 1.807) is 19.2 Å². The number of nitrogens with one attached hydrogen (secondary N) is 2. The van der Waals surface area contributed by atoms with Gasteiger partial charge in [0.25, 0.3) is 5.91 Å². The predicted octanol–water partition coefficient (Wildman–Crippen LogP) is 4.80. The fourth-order valence-corrected chi connectivity index (χ4v) is 3.83. The molecular formula is C26H26N2O5. The van der Waals surface area contributed by atoms with Crippen LogP contribution < -0.4 is 24.3 Å². The summed E-state index contributed by atoms with van der Waals surface area (Å²) in [6.07, 6.45) is 0. The Balaban J connectivity index is 1.53. The van der Waals surface area contributed by atoms with E-state index in [4.69, 9.17) is 18.9 Å². The monoisotopic (exact) mass is 446 g/mol. The van der Waals surface area contributed by atoms with Gasteiger partial charge in [0.15, 0.2) is 11.5 Å². The number of benzene rings is 3. The van der Waals surface area contributed by atoms with E-state index in [-0.39, 0.29) is 5.91 Å². The van der Waals surface area contributed by atoms with Crippen LogP contribution in [0.25, 0.3) is 22.0 Å². The molecule has 0 spiro atoms. The molecule has 33 heavy (non-hydrogen) atoms. The molecule has 170 valence electrons. The van der Waals surface area contributed by atoms with Crippen LogP contribution in [0.3, 0.4) is 0 Å². The SMILES string of the molecule is COc1ccccc1-c1ccc2[nH]c(CNC(=O)c3cc(OC)c(OC)c(OC)c3)cc2c1. The molecule has 0 radical (unpaired) electrons. The number of amides is 1. The molecule has 0 aliphatic heterocycles. The van der Waals surface area contributed by atoms with Gasteiger partial charge in [-0.15, -0.1) is 0 Å². The molecule has 1 heterocycles. The summed E-state index contributed by atoms with van der Waals surface area (Å²) in [5.41, 5.74) is 4.39. The number of aromatic nitrogens is 1. The molecule has 7 heteroatoms. The van der Waals surface area contributed by atoms with Gasteiger partial charge in [0.2, 0.25) is 5.75 Å². The topological polar surface area (TPSA) is 81.8 Å². The van der Waals surface area contributed by atoms with Crippen molar-refractivity contribution in [2.45, 2.75) is 6.54 Å². The smallest absolute Gasteiger partial charge is 0.251 e. The van der Waals surface area contributed by atoms with E-state index in [0.29, 0.717) is 29.4 Å². The quantitative estimate of drug-likeness (QED) is 0.406. The lowest BCUT2D eigenvalue weighted by Crippen LogP contribution is -2.23. The number of carbonyl (C=O) groups is 1. The average Bonchev–Trinajstić information content (AvgIpc) is 3.28. The minimum absolute atomic E-state index is 0.248. The van der Waals surface area contributed by atoms with Crippen LogP contribution in [-0.4, -0.2) is 39.3 Å². The van der Waals surface area contributed by atoms with Crippen LogP contribution in [0.15, 0.2) is 60.7 Å². The number of ether oxygens (including phenoxy) is 4. The number of rotatable bonds is 8. The molecule has 1 aromatic heterocycles. The Kier molecular flexibility index (Phi) is 6.40. The standard InChI is InChI=1S/C26H26N2O5/c1-30-22-8-6-5-7-20(22)16-9-10-21-17(11-16)12-19(28-21)15-27-26(29)18-13-23(31-2)25(33-4)24(14-18)32-3/h5-14,28H,15H2,1-4H3,(H,27,29). The highest BCUT2D eigenvalue weighted by Crippen LogP contribution is 2.38. The number of fused-ring (bicyclic) bond motifs is 1. The van der Waals surface area contributed by atoms with Crippen LogP contribution in [0.4, 0.5) is 0 Å². The highest BCUT2D eigenvalue weighted by molar-refractivity contribution is 5.95. The third-order valence-corrected chi connectivity index (χ3v) is 5.46. The molecule has 4 aromatic rings. The van der Waals surface area contributed by atoms with Gasteiger partial charge in [-0.05, 0) is 42.0 Å². The molecule has 7 nitrogen and oxygen atoms in total. The lowest BCUT2D eigenvalue weighted by Gasteiger charge is -2.14. The van der Waals surface area contributed by atoms with Gasteiger partial charge in [0.05, 0.1) is 35.0 Å². The predicted molar refractivity (Wildman–Crippen MR) is 128 cm³/mol. The zero-order chi connectivity index (χ0) is 23.4. The van der Waals surface area contributed by atoms with E-state index in [1.807, 2.05) is 36.4 Å². The molecule has 0 saturated carbocycles. The summed E-state index contributed by atoms with van der Waals surface area (Å²) in [6.45, 7) is 0.341. The summed E-state index contributed by atoms with van der Waals surface area (Å²) >= 11 is 0. The first-order valence-corrected chi connectivity index (χ1v) is 10.4. The van der Waals surface area contributed by atoms with Crippen molar-refractivity contribution in [3.63, 3.8) is 0 Å². The van der Waals surface area contributed by atoms with E-state index in [0.717, 1.165) is 33.5 Å². The van der Waals surface area contributed by atoms with Gasteiger partial charge in [-0.3, -0.25) is 4.79 Å². The van der Waals surface area contributed by atoms with Crippen LogP contribution >= 0.6 is 0 Å². The van der Waals surface area contributed by atoms with Crippen molar-refractivity contribution in [3.8, 4) is 34.1 Å². The van der Waals surface area contributed by atoms with Gasteiger partial charge in [-0.1, -0.05) is 24.3 Å². The summed E-state index contributed by atoms with van der Waals surface area (Å²) in [5.74, 6) is 1.87. The van der Waals surface area contributed by atoms with Gasteiger partial charge in [0.1, 0.15) is 5.75 Å². The number of carbonyl (C=O) groups excluding carboxylic acids is 1. The van der Waals surface area contributed by atoms with Crippen molar-refractivity contribution in [2.75, 3.05) is 28.4 Å². The summed E-state index contributed by atoms with van der Waals surface area (Å²) < 4.78 is 21.5. The second kappa shape index (κ2) is 9.56. The normalized spacial score (nSPS) is 10.7. The average molecular weight is 447 g/mol. The Morgan fingerprint density at radius 3 is 2.18 bits per heavy atom. The fourth-order valence-electron chi connectivity index (χ4n) is 3.83. The number of para-hydroxylation sites is 1. The second-order valence-electron chi connectivity index (χ2n) is 7.39. The van der Waals surface area contributed by atoms with Crippen molar-refractivity contribution in [3.05, 3.63) is 71.9 Å². The molecule has 0 fully saturated rings. The number of hydrogen-bond acceptors (Lipinski definition) is 5. The Morgan fingerprint density at radius 2 is 1.52 bits per heavy atom. The summed E-state index contributed by atoms with van der Waals surface area (Å²) in [6, 6.07) is 19.4. The summed E-state index contributed by atoms with van der Waals surface area (Å²) in [7, 11) is 6.23. The molecule has 0 saturated heterocycles. The molecule has 0 aliphatic carbocycles. The van der Waals surface area contributed by atoms with Gasteiger partial charge < -0.3 is 29.2 Å². The third kappa shape index (κ3) is 4.43. The first-order valence-electron chi connectivity index (χ1n) is 10.4.